The first-order valence-corrected chi connectivity index (χ1v) is 7.89. The molecule has 114 valence electrons. The lowest BCUT2D eigenvalue weighted by molar-refractivity contribution is -0.385. The van der Waals surface area contributed by atoms with Crippen LogP contribution in [0.15, 0.2) is 18.2 Å². The van der Waals surface area contributed by atoms with Gasteiger partial charge < -0.3 is 5.32 Å². The Bertz CT molecular complexity index is 554. The van der Waals surface area contributed by atoms with Crippen LogP contribution in [0.1, 0.15) is 31.7 Å². The molecule has 2 aliphatic rings. The summed E-state index contributed by atoms with van der Waals surface area (Å²) < 4.78 is 1.01. The maximum absolute atomic E-state index is 11.0. The second kappa shape index (κ2) is 5.39. The monoisotopic (exact) mass is 290 g/mol. The third-order valence-corrected chi connectivity index (χ3v) is 5.48. The zero-order chi connectivity index (χ0) is 15.0. The molecular weight excluding hydrogens is 266 g/mol. The number of quaternary nitrogens is 1. The van der Waals surface area contributed by atoms with Gasteiger partial charge in [0, 0.05) is 56.1 Å². The molecule has 0 saturated carbocycles. The molecule has 1 aromatic rings. The Morgan fingerprint density at radius 1 is 1.38 bits per heavy atom. The van der Waals surface area contributed by atoms with Crippen molar-refractivity contribution < 1.29 is 4.92 Å². The molecule has 5 nitrogen and oxygen atoms in total. The van der Waals surface area contributed by atoms with E-state index >= 15 is 0 Å². The molecule has 0 bridgehead atoms. The molecule has 2 heterocycles. The summed E-state index contributed by atoms with van der Waals surface area (Å²) in [6.07, 6.45) is 3.68. The fraction of sp³-hybridized carbons (Fsp3) is 0.625. The van der Waals surface area contributed by atoms with E-state index < -0.39 is 0 Å². The van der Waals surface area contributed by atoms with Crippen LogP contribution in [0.5, 0.6) is 0 Å². The second-order valence-electron chi connectivity index (χ2n) is 6.52. The van der Waals surface area contributed by atoms with Gasteiger partial charge in [0.25, 0.3) is 5.69 Å². The Hall–Kier alpha value is -1.46. The van der Waals surface area contributed by atoms with Crippen molar-refractivity contribution in [3.05, 3.63) is 33.9 Å². The number of nitro benzene ring substituents is 1. The highest BCUT2D eigenvalue weighted by molar-refractivity contribution is 5.54. The van der Waals surface area contributed by atoms with Gasteiger partial charge in [-0.25, -0.2) is 0 Å². The average Bonchev–Trinajstić information content (AvgIpc) is 3.07. The van der Waals surface area contributed by atoms with Gasteiger partial charge in [0.2, 0.25) is 0 Å². The predicted octanol–water partition coefficient (Wildman–Crippen LogP) is 2.75. The molecule has 0 amide bonds. The van der Waals surface area contributed by atoms with Crippen LogP contribution in [0, 0.1) is 17.0 Å². The van der Waals surface area contributed by atoms with Gasteiger partial charge in [-0.3, -0.25) is 14.6 Å². The van der Waals surface area contributed by atoms with Gasteiger partial charge in [-0.1, -0.05) is 0 Å². The van der Waals surface area contributed by atoms with Crippen LogP contribution in [0.25, 0.3) is 0 Å². The molecule has 5 heteroatoms. The zero-order valence-corrected chi connectivity index (χ0v) is 12.8. The molecule has 2 fully saturated rings. The number of hydrogen-bond acceptors (Lipinski definition) is 3. The lowest BCUT2D eigenvalue weighted by atomic mass is 10.0. The van der Waals surface area contributed by atoms with E-state index in [0.717, 1.165) is 29.7 Å². The third-order valence-electron chi connectivity index (χ3n) is 5.48. The minimum absolute atomic E-state index is 0.230. The topological polar surface area (TPSA) is 55.2 Å². The maximum Gasteiger partial charge on any atom is 0.272 e. The minimum atomic E-state index is -0.284. The SMILES string of the molecule is Cc1cc([N+]2([C@@H]3CCNC3)CCC[C@H]2C)ccc1[N+](=O)[O-]. The van der Waals surface area contributed by atoms with E-state index in [1.807, 2.05) is 13.0 Å². The van der Waals surface area contributed by atoms with Crippen LogP contribution in [0.2, 0.25) is 0 Å². The third kappa shape index (κ3) is 2.24. The first-order chi connectivity index (χ1) is 10.1. The predicted molar refractivity (Wildman–Crippen MR) is 84.5 cm³/mol. The van der Waals surface area contributed by atoms with Crippen LogP contribution >= 0.6 is 0 Å². The van der Waals surface area contributed by atoms with Gasteiger partial charge in [0.15, 0.2) is 0 Å². The lowest BCUT2D eigenvalue weighted by Gasteiger charge is -2.43. The van der Waals surface area contributed by atoms with Crippen LogP contribution in [0.3, 0.4) is 0 Å². The highest BCUT2D eigenvalue weighted by Gasteiger charge is 2.48. The number of likely N-dealkylation sites (tertiary alicyclic amines) is 1. The zero-order valence-electron chi connectivity index (χ0n) is 12.8. The van der Waals surface area contributed by atoms with Crippen molar-refractivity contribution in [3.63, 3.8) is 0 Å². The Morgan fingerprint density at radius 2 is 2.19 bits per heavy atom. The average molecular weight is 290 g/mol. The minimum Gasteiger partial charge on any atom is -0.311 e. The summed E-state index contributed by atoms with van der Waals surface area (Å²) in [5.41, 5.74) is 2.27. The summed E-state index contributed by atoms with van der Waals surface area (Å²) in [5.74, 6) is 0. The molecule has 0 aromatic heterocycles. The number of nitro groups is 1. The number of nitrogens with one attached hydrogen (secondary N) is 1. The van der Waals surface area contributed by atoms with Crippen LogP contribution in [-0.4, -0.2) is 36.6 Å². The van der Waals surface area contributed by atoms with Gasteiger partial charge >= 0.3 is 0 Å². The summed E-state index contributed by atoms with van der Waals surface area (Å²) in [4.78, 5) is 10.8. The van der Waals surface area contributed by atoms with E-state index in [1.165, 1.54) is 24.9 Å². The van der Waals surface area contributed by atoms with Crippen molar-refractivity contribution in [1.29, 1.82) is 0 Å². The smallest absolute Gasteiger partial charge is 0.272 e. The molecule has 1 aromatic carbocycles. The van der Waals surface area contributed by atoms with Crippen LogP contribution < -0.4 is 9.80 Å². The Balaban J connectivity index is 2.05. The van der Waals surface area contributed by atoms with Gasteiger partial charge in [0.1, 0.15) is 11.7 Å². The standard InChI is InChI=1S/C16H24N3O2/c1-12-10-14(5-6-16(12)18(20)21)19(9-3-4-13(19)2)15-7-8-17-11-15/h5-6,10,13,15,17H,3-4,7-9,11H2,1-2H3/q+1/t13-,15-,19?/m1/s1. The van der Waals surface area contributed by atoms with Crippen LogP contribution in [-0.2, 0) is 0 Å². The van der Waals surface area contributed by atoms with Crippen molar-refractivity contribution >= 4 is 11.4 Å². The van der Waals surface area contributed by atoms with Gasteiger partial charge in [-0.05, 0) is 13.8 Å². The number of rotatable bonds is 3. The van der Waals surface area contributed by atoms with Gasteiger partial charge in [0.05, 0.1) is 17.5 Å². The van der Waals surface area contributed by atoms with E-state index in [0.29, 0.717) is 12.1 Å². The number of hydrogen-bond donors (Lipinski definition) is 1. The highest BCUT2D eigenvalue weighted by Crippen LogP contribution is 2.40. The van der Waals surface area contributed by atoms with Crippen molar-refractivity contribution in [2.45, 2.75) is 45.2 Å². The van der Waals surface area contributed by atoms with Crippen molar-refractivity contribution in [3.8, 4) is 0 Å². The summed E-state index contributed by atoms with van der Waals surface area (Å²) in [7, 11) is 0. The molecule has 2 aliphatic heterocycles. The Labute approximate surface area is 125 Å². The highest BCUT2D eigenvalue weighted by atomic mass is 16.6. The molecule has 0 aliphatic carbocycles. The lowest BCUT2D eigenvalue weighted by Crippen LogP contribution is -2.59. The molecule has 1 unspecified atom stereocenters. The fourth-order valence-corrected chi connectivity index (χ4v) is 4.37. The molecule has 21 heavy (non-hydrogen) atoms. The van der Waals surface area contributed by atoms with Crippen molar-refractivity contribution in [1.82, 2.24) is 9.80 Å². The van der Waals surface area contributed by atoms with Crippen LogP contribution in [0.4, 0.5) is 11.4 Å². The maximum atomic E-state index is 11.0. The summed E-state index contributed by atoms with van der Waals surface area (Å²) in [6.45, 7) is 7.49. The van der Waals surface area contributed by atoms with E-state index in [1.54, 1.807) is 6.07 Å². The molecule has 3 rings (SSSR count). The molecule has 0 spiro atoms. The van der Waals surface area contributed by atoms with E-state index in [4.69, 9.17) is 0 Å². The van der Waals surface area contributed by atoms with Gasteiger partial charge in [-0.15, -0.1) is 0 Å². The molecule has 2 saturated heterocycles. The summed E-state index contributed by atoms with van der Waals surface area (Å²) in [5, 5.41) is 14.5. The Morgan fingerprint density at radius 3 is 2.71 bits per heavy atom. The summed E-state index contributed by atoms with van der Waals surface area (Å²) in [6, 6.07) is 6.93. The second-order valence-corrected chi connectivity index (χ2v) is 6.52. The quantitative estimate of drug-likeness (QED) is 0.529. The number of nitrogens with zero attached hydrogens (tertiary/aromatic N) is 2. The Kier molecular flexibility index (Phi) is 3.71. The van der Waals surface area contributed by atoms with E-state index in [9.17, 15) is 10.1 Å². The largest absolute Gasteiger partial charge is 0.311 e. The number of benzene rings is 1. The van der Waals surface area contributed by atoms with E-state index in [2.05, 4.69) is 18.3 Å². The fourth-order valence-electron chi connectivity index (χ4n) is 4.37. The number of aryl methyl sites for hydroxylation is 1. The first kappa shape index (κ1) is 14.5. The first-order valence-electron chi connectivity index (χ1n) is 7.89. The summed E-state index contributed by atoms with van der Waals surface area (Å²) >= 11 is 0. The molecular formula is C16H24N3O2+. The van der Waals surface area contributed by atoms with Crippen molar-refractivity contribution in [2.75, 3.05) is 19.6 Å². The van der Waals surface area contributed by atoms with E-state index in [-0.39, 0.29) is 10.6 Å². The molecule has 0 radical (unpaired) electrons. The molecule has 3 atom stereocenters. The van der Waals surface area contributed by atoms with Crippen molar-refractivity contribution in [2.24, 2.45) is 0 Å². The van der Waals surface area contributed by atoms with Gasteiger partial charge in [-0.2, -0.15) is 0 Å². The normalized spacial score (nSPS) is 32.5. The molecule has 1 N–H and O–H groups in total.